The molecule has 1 unspecified atom stereocenters. The Morgan fingerprint density at radius 3 is 2.26 bits per heavy atom. The van der Waals surface area contributed by atoms with Gasteiger partial charge in [-0.1, -0.05) is 49.4 Å². The number of benzene rings is 2. The SMILES string of the molecule is CCNN1c2c(n(CCc3ccc(N)cc3)c(=O)n(CCCN(C)C)c2=O)N(CC)C1Cc1ccccc1. The van der Waals surface area contributed by atoms with Gasteiger partial charge in [0.15, 0.2) is 5.69 Å². The summed E-state index contributed by atoms with van der Waals surface area (Å²) >= 11 is 0. The van der Waals surface area contributed by atoms with Crippen LogP contribution in [0.15, 0.2) is 64.2 Å². The van der Waals surface area contributed by atoms with Crippen molar-refractivity contribution < 1.29 is 0 Å². The number of nitrogens with two attached hydrogens (primary N) is 1. The van der Waals surface area contributed by atoms with Gasteiger partial charge in [0.05, 0.1) is 0 Å². The lowest BCUT2D eigenvalue weighted by atomic mass is 10.1. The van der Waals surface area contributed by atoms with Gasteiger partial charge in [0.1, 0.15) is 12.0 Å². The number of hydrazine groups is 1. The summed E-state index contributed by atoms with van der Waals surface area (Å²) in [5.74, 6) is 0.698. The maximum atomic E-state index is 14.0. The summed E-state index contributed by atoms with van der Waals surface area (Å²) < 4.78 is 3.23. The zero-order valence-electron chi connectivity index (χ0n) is 23.1. The fourth-order valence-electron chi connectivity index (χ4n) is 5.22. The molecule has 2 aromatic carbocycles. The van der Waals surface area contributed by atoms with Crippen molar-refractivity contribution in [2.75, 3.05) is 49.4 Å². The normalized spacial score (nSPS) is 14.9. The van der Waals surface area contributed by atoms with Crippen LogP contribution in [0.5, 0.6) is 0 Å². The summed E-state index contributed by atoms with van der Waals surface area (Å²) in [6, 6.07) is 18.0. The number of fused-ring (bicyclic) bond motifs is 1. The zero-order chi connectivity index (χ0) is 27.2. The quantitative estimate of drug-likeness (QED) is 0.355. The number of aromatic nitrogens is 2. The molecule has 4 rings (SSSR count). The van der Waals surface area contributed by atoms with E-state index in [0.717, 1.165) is 12.1 Å². The zero-order valence-corrected chi connectivity index (χ0v) is 23.1. The van der Waals surface area contributed by atoms with E-state index in [9.17, 15) is 9.59 Å². The molecule has 3 aromatic rings. The Hall–Kier alpha value is -3.56. The van der Waals surface area contributed by atoms with Crippen molar-refractivity contribution in [1.29, 1.82) is 0 Å². The number of nitrogens with zero attached hydrogens (tertiary/aromatic N) is 5. The summed E-state index contributed by atoms with van der Waals surface area (Å²) in [6.07, 6.45) is 1.95. The molecule has 0 fully saturated rings. The Bertz CT molecular complexity index is 1320. The van der Waals surface area contributed by atoms with E-state index in [4.69, 9.17) is 5.73 Å². The van der Waals surface area contributed by atoms with Crippen LogP contribution in [0.4, 0.5) is 17.2 Å². The van der Waals surface area contributed by atoms with Crippen LogP contribution in [0, 0.1) is 0 Å². The molecule has 1 aliphatic heterocycles. The fraction of sp³-hybridized carbons (Fsp3) is 0.448. The van der Waals surface area contributed by atoms with E-state index in [-0.39, 0.29) is 17.4 Å². The van der Waals surface area contributed by atoms with Crippen molar-refractivity contribution in [3.8, 4) is 0 Å². The fourth-order valence-corrected chi connectivity index (χ4v) is 5.22. The molecule has 0 spiro atoms. The number of likely N-dealkylation sites (N-methyl/N-ethyl adjacent to an activating group) is 1. The first-order chi connectivity index (χ1) is 18.3. The van der Waals surface area contributed by atoms with Gasteiger partial charge in [-0.25, -0.2) is 10.2 Å². The van der Waals surface area contributed by atoms with Gasteiger partial charge < -0.3 is 15.5 Å². The van der Waals surface area contributed by atoms with E-state index >= 15 is 0 Å². The summed E-state index contributed by atoms with van der Waals surface area (Å²) in [7, 11) is 3.99. The Labute approximate surface area is 225 Å². The van der Waals surface area contributed by atoms with Gasteiger partial charge in [-0.2, -0.15) is 0 Å². The molecule has 1 aromatic heterocycles. The molecule has 3 N–H and O–H groups in total. The first kappa shape index (κ1) is 27.5. The Morgan fingerprint density at radius 1 is 0.921 bits per heavy atom. The molecule has 0 bridgehead atoms. The van der Waals surface area contributed by atoms with Crippen molar-refractivity contribution in [2.45, 2.75) is 52.4 Å². The minimum absolute atomic E-state index is 0.134. The van der Waals surface area contributed by atoms with Gasteiger partial charge in [0, 0.05) is 38.3 Å². The van der Waals surface area contributed by atoms with Crippen molar-refractivity contribution in [1.82, 2.24) is 19.5 Å². The molecule has 0 radical (unpaired) electrons. The van der Waals surface area contributed by atoms with Crippen LogP contribution in [0.3, 0.4) is 0 Å². The first-order valence-electron chi connectivity index (χ1n) is 13.6. The third-order valence-electron chi connectivity index (χ3n) is 7.07. The molecule has 0 amide bonds. The highest BCUT2D eigenvalue weighted by Crippen LogP contribution is 2.36. The second-order valence-electron chi connectivity index (χ2n) is 10.0. The lowest BCUT2D eigenvalue weighted by Gasteiger charge is -2.32. The molecule has 1 aliphatic rings. The van der Waals surface area contributed by atoms with Crippen LogP contribution in [0.2, 0.25) is 0 Å². The number of nitrogens with one attached hydrogen (secondary N) is 1. The van der Waals surface area contributed by atoms with Crippen molar-refractivity contribution >= 4 is 17.2 Å². The van der Waals surface area contributed by atoms with Gasteiger partial charge in [0.2, 0.25) is 0 Å². The van der Waals surface area contributed by atoms with Gasteiger partial charge in [-0.3, -0.25) is 18.9 Å². The largest absolute Gasteiger partial charge is 0.399 e. The predicted octanol–water partition coefficient (Wildman–Crippen LogP) is 2.53. The highest BCUT2D eigenvalue weighted by atomic mass is 16.2. The highest BCUT2D eigenvalue weighted by molar-refractivity contribution is 5.73. The Kier molecular flexibility index (Phi) is 8.91. The number of hydrogen-bond acceptors (Lipinski definition) is 7. The lowest BCUT2D eigenvalue weighted by molar-refractivity contribution is 0.380. The van der Waals surface area contributed by atoms with Crippen LogP contribution in [0.1, 0.15) is 31.4 Å². The monoisotopic (exact) mass is 519 g/mol. The van der Waals surface area contributed by atoms with Gasteiger partial charge in [-0.05, 0) is 63.7 Å². The van der Waals surface area contributed by atoms with Gasteiger partial charge >= 0.3 is 5.69 Å². The number of anilines is 3. The molecule has 0 saturated carbocycles. The van der Waals surface area contributed by atoms with E-state index in [1.165, 1.54) is 10.1 Å². The number of nitrogen functional groups attached to an aromatic ring is 1. The van der Waals surface area contributed by atoms with Crippen molar-refractivity contribution in [3.05, 3.63) is 86.6 Å². The molecule has 204 valence electrons. The lowest BCUT2D eigenvalue weighted by Crippen LogP contribution is -2.52. The maximum absolute atomic E-state index is 14.0. The molecule has 9 heteroatoms. The van der Waals surface area contributed by atoms with Crippen molar-refractivity contribution in [2.24, 2.45) is 0 Å². The molecule has 1 atom stereocenters. The molecule has 9 nitrogen and oxygen atoms in total. The van der Waals surface area contributed by atoms with E-state index < -0.39 is 0 Å². The third kappa shape index (κ3) is 5.79. The molecular weight excluding hydrogens is 478 g/mol. The number of aryl methyl sites for hydroxylation is 1. The average molecular weight is 520 g/mol. The van der Waals surface area contributed by atoms with Gasteiger partial charge in [-0.15, -0.1) is 0 Å². The molecule has 0 saturated heterocycles. The second kappa shape index (κ2) is 12.3. The minimum atomic E-state index is -0.252. The molecule has 2 heterocycles. The van der Waals surface area contributed by atoms with E-state index in [2.05, 4.69) is 34.3 Å². The van der Waals surface area contributed by atoms with Crippen molar-refractivity contribution in [3.63, 3.8) is 0 Å². The Morgan fingerprint density at radius 2 is 1.63 bits per heavy atom. The van der Waals surface area contributed by atoms with Gasteiger partial charge in [0.25, 0.3) is 5.56 Å². The number of hydrogen-bond donors (Lipinski definition) is 2. The van der Waals surface area contributed by atoms with E-state index in [1.54, 1.807) is 0 Å². The van der Waals surface area contributed by atoms with Crippen LogP contribution in [-0.4, -0.2) is 53.9 Å². The summed E-state index contributed by atoms with van der Waals surface area (Å²) in [4.78, 5) is 32.2. The van der Waals surface area contributed by atoms with E-state index in [1.807, 2.05) is 73.1 Å². The van der Waals surface area contributed by atoms with Crippen LogP contribution < -0.4 is 32.3 Å². The summed E-state index contributed by atoms with van der Waals surface area (Å²) in [6.45, 7) is 7.07. The average Bonchev–Trinajstić information content (AvgIpc) is 3.20. The first-order valence-corrected chi connectivity index (χ1v) is 13.6. The Balaban J connectivity index is 1.82. The predicted molar refractivity (Wildman–Crippen MR) is 156 cm³/mol. The minimum Gasteiger partial charge on any atom is -0.399 e. The standard InChI is InChI=1S/C29H41N7O2/c1-5-31-36-25(21-23-11-8-7-9-12-23)33(6-2)27-26(36)28(37)35(19-10-18-32(3)4)29(38)34(27)20-17-22-13-15-24(30)16-14-22/h7-9,11-16,25,31H,5-6,10,17-21,30H2,1-4H3. The number of rotatable bonds is 12. The van der Waals surface area contributed by atoms with E-state index in [0.29, 0.717) is 62.6 Å². The summed E-state index contributed by atoms with van der Waals surface area (Å²) in [5.41, 5.74) is 12.4. The topological polar surface area (TPSA) is 91.8 Å². The molecular formula is C29H41N7O2. The molecule has 38 heavy (non-hydrogen) atoms. The van der Waals surface area contributed by atoms with Crippen LogP contribution in [-0.2, 0) is 25.9 Å². The summed E-state index contributed by atoms with van der Waals surface area (Å²) in [5, 5.41) is 2.00. The van der Waals surface area contributed by atoms with Crippen LogP contribution >= 0.6 is 0 Å². The second-order valence-corrected chi connectivity index (χ2v) is 10.0. The highest BCUT2D eigenvalue weighted by Gasteiger charge is 2.41. The third-order valence-corrected chi connectivity index (χ3v) is 7.07. The van der Waals surface area contributed by atoms with Crippen LogP contribution in [0.25, 0.3) is 0 Å². The maximum Gasteiger partial charge on any atom is 0.332 e. The molecule has 0 aliphatic carbocycles. The smallest absolute Gasteiger partial charge is 0.332 e.